The molecule has 0 radical (unpaired) electrons. The van der Waals surface area contributed by atoms with Crippen molar-refractivity contribution in [2.45, 2.75) is 18.8 Å². The Labute approximate surface area is 191 Å². The predicted octanol–water partition coefficient (Wildman–Crippen LogP) is 4.04. The minimum atomic E-state index is -0.524. The number of rotatable bonds is 6. The monoisotopic (exact) mass is 445 g/mol. The van der Waals surface area contributed by atoms with Crippen LogP contribution >= 0.6 is 0 Å². The van der Waals surface area contributed by atoms with E-state index in [0.29, 0.717) is 34.6 Å². The van der Waals surface area contributed by atoms with Crippen LogP contribution in [0.3, 0.4) is 0 Å². The summed E-state index contributed by atoms with van der Waals surface area (Å²) in [5, 5.41) is 4.51. The number of ether oxygens (including phenoxy) is 2. The van der Waals surface area contributed by atoms with Crippen LogP contribution in [0.15, 0.2) is 54.7 Å². The number of nitrogens with two attached hydrogens (primary N) is 1. The van der Waals surface area contributed by atoms with E-state index in [1.165, 1.54) is 0 Å². The van der Waals surface area contributed by atoms with E-state index in [1.54, 1.807) is 11.6 Å². The van der Waals surface area contributed by atoms with Gasteiger partial charge in [0.1, 0.15) is 11.4 Å². The molecule has 1 aliphatic rings. The van der Waals surface area contributed by atoms with Crippen LogP contribution in [-0.2, 0) is 0 Å². The van der Waals surface area contributed by atoms with Crippen LogP contribution in [0.4, 0.5) is 0 Å². The van der Waals surface area contributed by atoms with Crippen LogP contribution in [-0.4, -0.2) is 52.7 Å². The molecule has 1 aliphatic heterocycles. The number of hydrogen-bond donors (Lipinski definition) is 2. The normalized spacial score (nSPS) is 15.1. The number of methoxy groups -OCH3 is 1. The summed E-state index contributed by atoms with van der Waals surface area (Å²) in [5.74, 6) is 1.83. The van der Waals surface area contributed by atoms with E-state index in [9.17, 15) is 4.79 Å². The molecule has 3 heterocycles. The number of carbonyl (C=O) groups excluding carboxylic acids is 1. The lowest BCUT2D eigenvalue weighted by Crippen LogP contribution is -2.29. The number of primary amides is 1. The molecule has 8 heteroatoms. The molecule has 5 rings (SSSR count). The lowest BCUT2D eigenvalue weighted by atomic mass is 9.91. The van der Waals surface area contributed by atoms with Crippen molar-refractivity contribution in [3.05, 3.63) is 66.0 Å². The molecular formula is C25H27N5O3. The average Bonchev–Trinajstić information content (AvgIpc) is 3.40. The molecule has 4 aromatic rings. The largest absolute Gasteiger partial charge is 0.493 e. The molecule has 2 aromatic heterocycles. The smallest absolute Gasteiger partial charge is 0.269 e. The minimum absolute atomic E-state index is 0.350. The van der Waals surface area contributed by atoms with Crippen molar-refractivity contribution in [1.82, 2.24) is 19.5 Å². The molecule has 0 unspecified atom stereocenters. The molecular weight excluding hydrogens is 418 g/mol. The van der Waals surface area contributed by atoms with Crippen molar-refractivity contribution < 1.29 is 14.3 Å². The molecule has 0 spiro atoms. The van der Waals surface area contributed by atoms with E-state index >= 15 is 0 Å². The Morgan fingerprint density at radius 1 is 1.09 bits per heavy atom. The molecule has 1 saturated heterocycles. The van der Waals surface area contributed by atoms with E-state index in [2.05, 4.69) is 22.0 Å². The fourth-order valence-corrected chi connectivity index (χ4v) is 4.51. The first-order chi connectivity index (χ1) is 16.0. The third-order valence-corrected chi connectivity index (χ3v) is 6.32. The van der Waals surface area contributed by atoms with Crippen molar-refractivity contribution in [2.24, 2.45) is 5.73 Å². The Morgan fingerprint density at radius 3 is 2.45 bits per heavy atom. The first-order valence-electron chi connectivity index (χ1n) is 11.0. The zero-order valence-corrected chi connectivity index (χ0v) is 18.7. The van der Waals surface area contributed by atoms with Crippen molar-refractivity contribution in [3.8, 4) is 28.5 Å². The maximum Gasteiger partial charge on any atom is 0.269 e. The number of piperidine rings is 1. The number of aromatic amines is 1. The molecule has 1 amide bonds. The summed E-state index contributed by atoms with van der Waals surface area (Å²) in [7, 11) is 3.75. The van der Waals surface area contributed by atoms with Crippen LogP contribution in [0, 0.1) is 0 Å². The second-order valence-electron chi connectivity index (χ2n) is 8.43. The second-order valence-corrected chi connectivity index (χ2v) is 8.43. The van der Waals surface area contributed by atoms with Crippen LogP contribution in [0.1, 0.15) is 34.8 Å². The molecule has 0 atom stereocenters. The van der Waals surface area contributed by atoms with Gasteiger partial charge in [0.05, 0.1) is 19.0 Å². The topological polar surface area (TPSA) is 97.9 Å². The highest BCUT2D eigenvalue weighted by atomic mass is 16.5. The van der Waals surface area contributed by atoms with Crippen molar-refractivity contribution in [1.29, 1.82) is 0 Å². The molecule has 0 bridgehead atoms. The SMILES string of the molecule is COc1ccccc1Oc1ccc(-c2[nH]c3c(C4CCN(C)CC4)cnn3c2C(N)=O)cc1. The Bertz CT molecular complexity index is 1280. The number of fused-ring (bicyclic) bond motifs is 1. The summed E-state index contributed by atoms with van der Waals surface area (Å²) in [4.78, 5) is 18.1. The van der Waals surface area contributed by atoms with Gasteiger partial charge in [-0.25, -0.2) is 4.52 Å². The van der Waals surface area contributed by atoms with E-state index < -0.39 is 5.91 Å². The average molecular weight is 446 g/mol. The number of carbonyl (C=O) groups is 1. The van der Waals surface area contributed by atoms with E-state index in [1.807, 2.05) is 54.7 Å². The fourth-order valence-electron chi connectivity index (χ4n) is 4.51. The number of H-pyrrole nitrogens is 1. The van der Waals surface area contributed by atoms with Crippen molar-refractivity contribution in [3.63, 3.8) is 0 Å². The molecule has 0 aliphatic carbocycles. The Balaban J connectivity index is 1.47. The predicted molar refractivity (Wildman–Crippen MR) is 126 cm³/mol. The maximum absolute atomic E-state index is 12.4. The van der Waals surface area contributed by atoms with Gasteiger partial charge in [0.25, 0.3) is 5.91 Å². The van der Waals surface area contributed by atoms with Gasteiger partial charge in [-0.15, -0.1) is 0 Å². The minimum Gasteiger partial charge on any atom is -0.493 e. The number of hydrogen-bond acceptors (Lipinski definition) is 5. The molecule has 3 N–H and O–H groups in total. The number of para-hydroxylation sites is 2. The van der Waals surface area contributed by atoms with E-state index in [4.69, 9.17) is 15.2 Å². The Hall–Kier alpha value is -3.78. The zero-order valence-electron chi connectivity index (χ0n) is 18.7. The van der Waals surface area contributed by atoms with Gasteiger partial charge in [-0.3, -0.25) is 4.79 Å². The number of imidazole rings is 1. The van der Waals surface area contributed by atoms with Gasteiger partial charge in [0, 0.05) is 11.1 Å². The number of amides is 1. The number of aromatic nitrogens is 3. The molecule has 2 aromatic carbocycles. The summed E-state index contributed by atoms with van der Waals surface area (Å²) in [6, 6.07) is 15.0. The highest BCUT2D eigenvalue weighted by Crippen LogP contribution is 2.35. The molecule has 33 heavy (non-hydrogen) atoms. The highest BCUT2D eigenvalue weighted by Gasteiger charge is 2.26. The summed E-state index contributed by atoms with van der Waals surface area (Å²) < 4.78 is 13.0. The first kappa shape index (κ1) is 21.1. The fraction of sp³-hybridized carbons (Fsp3) is 0.280. The highest BCUT2D eigenvalue weighted by molar-refractivity contribution is 5.98. The number of likely N-dealkylation sites (tertiary alicyclic amines) is 1. The third kappa shape index (κ3) is 3.93. The van der Waals surface area contributed by atoms with E-state index in [-0.39, 0.29) is 0 Å². The van der Waals surface area contributed by atoms with Gasteiger partial charge in [-0.05, 0) is 75.3 Å². The Kier molecular flexibility index (Phi) is 5.51. The van der Waals surface area contributed by atoms with Gasteiger partial charge < -0.3 is 25.1 Å². The summed E-state index contributed by atoms with van der Waals surface area (Å²) in [6.07, 6.45) is 3.99. The first-order valence-corrected chi connectivity index (χ1v) is 11.0. The van der Waals surface area contributed by atoms with Crippen molar-refractivity contribution in [2.75, 3.05) is 27.2 Å². The Morgan fingerprint density at radius 2 is 1.79 bits per heavy atom. The van der Waals surface area contributed by atoms with Gasteiger partial charge >= 0.3 is 0 Å². The molecule has 0 saturated carbocycles. The number of nitrogens with zero attached hydrogens (tertiary/aromatic N) is 3. The van der Waals surface area contributed by atoms with Gasteiger partial charge in [0.2, 0.25) is 0 Å². The summed E-state index contributed by atoms with van der Waals surface area (Å²) in [5.41, 5.74) is 9.57. The van der Waals surface area contributed by atoms with Gasteiger partial charge in [0.15, 0.2) is 17.2 Å². The molecule has 170 valence electrons. The van der Waals surface area contributed by atoms with Crippen LogP contribution < -0.4 is 15.2 Å². The van der Waals surface area contributed by atoms with Crippen LogP contribution in [0.5, 0.6) is 17.2 Å². The maximum atomic E-state index is 12.4. The number of nitrogens with one attached hydrogen (secondary N) is 1. The van der Waals surface area contributed by atoms with Gasteiger partial charge in [-0.2, -0.15) is 5.10 Å². The second kappa shape index (κ2) is 8.63. The number of benzene rings is 2. The quantitative estimate of drug-likeness (QED) is 0.467. The molecule has 1 fully saturated rings. The van der Waals surface area contributed by atoms with E-state index in [0.717, 1.165) is 42.7 Å². The summed E-state index contributed by atoms with van der Waals surface area (Å²) in [6.45, 7) is 2.10. The van der Waals surface area contributed by atoms with Crippen LogP contribution in [0.25, 0.3) is 16.9 Å². The zero-order chi connectivity index (χ0) is 22.9. The van der Waals surface area contributed by atoms with Crippen LogP contribution in [0.2, 0.25) is 0 Å². The molecule has 8 nitrogen and oxygen atoms in total. The third-order valence-electron chi connectivity index (χ3n) is 6.32. The summed E-state index contributed by atoms with van der Waals surface area (Å²) >= 11 is 0. The lowest BCUT2D eigenvalue weighted by molar-refractivity contribution is 0.0994. The van der Waals surface area contributed by atoms with Gasteiger partial charge in [-0.1, -0.05) is 12.1 Å². The van der Waals surface area contributed by atoms with Crippen molar-refractivity contribution >= 4 is 11.6 Å². The lowest BCUT2D eigenvalue weighted by Gasteiger charge is -2.28. The standard InChI is InChI=1S/C25H27N5O3/c1-29-13-11-16(12-14-29)19-15-27-30-23(24(26)31)22(28-25(19)30)17-7-9-18(10-8-17)33-21-6-4-3-5-20(21)32-2/h3-10,15-16,28H,11-14H2,1-2H3,(H2,26,31).